The van der Waals surface area contributed by atoms with Crippen LogP contribution in [0.2, 0.25) is 0 Å². The molecule has 6 heteroatoms. The molecule has 1 aromatic carbocycles. The summed E-state index contributed by atoms with van der Waals surface area (Å²) in [5.41, 5.74) is 6.97. The van der Waals surface area contributed by atoms with E-state index in [2.05, 4.69) is 0 Å². The minimum atomic E-state index is -3.55. The monoisotopic (exact) mass is 279 g/mol. The number of aryl methyl sites for hydroxylation is 1. The van der Waals surface area contributed by atoms with Gasteiger partial charge in [-0.15, -0.1) is 0 Å². The molecule has 0 aromatic heterocycles. The van der Waals surface area contributed by atoms with Crippen molar-refractivity contribution in [3.05, 3.63) is 23.8 Å². The molecule has 1 aliphatic carbocycles. The van der Waals surface area contributed by atoms with E-state index in [4.69, 9.17) is 11.0 Å². The molecule has 19 heavy (non-hydrogen) atoms. The van der Waals surface area contributed by atoms with E-state index in [0.29, 0.717) is 5.69 Å². The van der Waals surface area contributed by atoms with Crippen molar-refractivity contribution in [2.75, 3.05) is 12.3 Å². The first-order chi connectivity index (χ1) is 8.95. The second-order valence-corrected chi connectivity index (χ2v) is 6.72. The lowest BCUT2D eigenvalue weighted by molar-refractivity contribution is 0.411. The molecule has 1 saturated carbocycles. The van der Waals surface area contributed by atoms with Gasteiger partial charge in [0.25, 0.3) is 0 Å². The van der Waals surface area contributed by atoms with Crippen molar-refractivity contribution in [2.24, 2.45) is 0 Å². The normalized spacial score (nSPS) is 15.4. The first-order valence-corrected chi connectivity index (χ1v) is 7.65. The molecule has 1 fully saturated rings. The predicted octanol–water partition coefficient (Wildman–Crippen LogP) is 1.64. The Labute approximate surface area is 113 Å². The van der Waals surface area contributed by atoms with Crippen LogP contribution in [0.4, 0.5) is 5.69 Å². The average Bonchev–Trinajstić information content (AvgIpc) is 3.12. The molecule has 102 valence electrons. The Kier molecular flexibility index (Phi) is 3.78. The van der Waals surface area contributed by atoms with E-state index in [1.54, 1.807) is 12.1 Å². The lowest BCUT2D eigenvalue weighted by Crippen LogP contribution is -2.34. The fourth-order valence-corrected chi connectivity index (χ4v) is 3.91. The van der Waals surface area contributed by atoms with Crippen LogP contribution in [0.25, 0.3) is 0 Å². The molecule has 0 saturated heterocycles. The highest BCUT2D eigenvalue weighted by Gasteiger charge is 2.37. The van der Waals surface area contributed by atoms with Crippen molar-refractivity contribution in [3.63, 3.8) is 0 Å². The fraction of sp³-hybridized carbons (Fsp3) is 0.462. The molecule has 2 rings (SSSR count). The molecular formula is C13H17N3O2S. The van der Waals surface area contributed by atoms with Crippen LogP contribution in [0.5, 0.6) is 0 Å². The number of hydrogen-bond donors (Lipinski definition) is 1. The van der Waals surface area contributed by atoms with Gasteiger partial charge in [-0.2, -0.15) is 9.57 Å². The van der Waals surface area contributed by atoms with Gasteiger partial charge in [-0.25, -0.2) is 8.42 Å². The molecule has 0 aliphatic heterocycles. The second kappa shape index (κ2) is 5.19. The van der Waals surface area contributed by atoms with Crippen LogP contribution >= 0.6 is 0 Å². The summed E-state index contributed by atoms with van der Waals surface area (Å²) in [6.45, 7) is 2.06. The minimum absolute atomic E-state index is 0.0417. The highest BCUT2D eigenvalue weighted by Crippen LogP contribution is 2.32. The van der Waals surface area contributed by atoms with Gasteiger partial charge in [0.1, 0.15) is 0 Å². The molecular weight excluding hydrogens is 262 g/mol. The lowest BCUT2D eigenvalue weighted by Gasteiger charge is -2.21. The van der Waals surface area contributed by atoms with Crippen LogP contribution in [0.1, 0.15) is 24.8 Å². The van der Waals surface area contributed by atoms with E-state index in [0.717, 1.165) is 18.4 Å². The van der Waals surface area contributed by atoms with Crippen molar-refractivity contribution >= 4 is 15.7 Å². The van der Waals surface area contributed by atoms with Crippen molar-refractivity contribution < 1.29 is 8.42 Å². The third-order valence-corrected chi connectivity index (χ3v) is 5.01. The Bertz CT molecular complexity index is 595. The summed E-state index contributed by atoms with van der Waals surface area (Å²) < 4.78 is 26.6. The Hall–Kier alpha value is -1.58. The minimum Gasteiger partial charge on any atom is -0.399 e. The summed E-state index contributed by atoms with van der Waals surface area (Å²) in [4.78, 5) is 0.217. The number of nitrogen functional groups attached to an aromatic ring is 1. The number of hydrogen-bond acceptors (Lipinski definition) is 4. The second-order valence-electron chi connectivity index (χ2n) is 4.83. The summed E-state index contributed by atoms with van der Waals surface area (Å²) in [5.74, 6) is 0. The van der Waals surface area contributed by atoms with Gasteiger partial charge in [0.15, 0.2) is 0 Å². The quantitative estimate of drug-likeness (QED) is 0.830. The van der Waals surface area contributed by atoms with Gasteiger partial charge >= 0.3 is 0 Å². The third kappa shape index (κ3) is 3.06. The van der Waals surface area contributed by atoms with Crippen LogP contribution in [0, 0.1) is 18.3 Å². The van der Waals surface area contributed by atoms with Gasteiger partial charge in [-0.3, -0.25) is 0 Å². The van der Waals surface area contributed by atoms with Crippen LogP contribution in [-0.2, 0) is 10.0 Å². The van der Waals surface area contributed by atoms with Gasteiger partial charge < -0.3 is 5.73 Å². The number of rotatable bonds is 5. The Morgan fingerprint density at radius 3 is 2.63 bits per heavy atom. The molecule has 0 radical (unpaired) electrons. The molecule has 0 bridgehead atoms. The molecule has 0 amide bonds. The van der Waals surface area contributed by atoms with Crippen molar-refractivity contribution in [2.45, 2.75) is 37.1 Å². The van der Waals surface area contributed by atoms with Gasteiger partial charge in [-0.1, -0.05) is 0 Å². The zero-order chi connectivity index (χ0) is 14.0. The maximum absolute atomic E-state index is 12.6. The van der Waals surface area contributed by atoms with Gasteiger partial charge in [-0.05, 0) is 43.5 Å². The summed E-state index contributed by atoms with van der Waals surface area (Å²) in [5, 5.41) is 8.65. The molecule has 5 nitrogen and oxygen atoms in total. The van der Waals surface area contributed by atoms with E-state index >= 15 is 0 Å². The van der Waals surface area contributed by atoms with E-state index in [9.17, 15) is 8.42 Å². The number of anilines is 1. The molecule has 2 N–H and O–H groups in total. The predicted molar refractivity (Wildman–Crippen MR) is 72.7 cm³/mol. The van der Waals surface area contributed by atoms with Gasteiger partial charge in [0, 0.05) is 24.7 Å². The number of nitrogens with zero attached hydrogens (tertiary/aromatic N) is 2. The summed E-state index contributed by atoms with van der Waals surface area (Å²) in [6, 6.07) is 6.86. The summed E-state index contributed by atoms with van der Waals surface area (Å²) in [7, 11) is -3.55. The van der Waals surface area contributed by atoms with Gasteiger partial charge in [0.05, 0.1) is 11.0 Å². The highest BCUT2D eigenvalue weighted by atomic mass is 32.2. The van der Waals surface area contributed by atoms with Crippen LogP contribution in [0.3, 0.4) is 0 Å². The smallest absolute Gasteiger partial charge is 0.243 e. The van der Waals surface area contributed by atoms with E-state index < -0.39 is 10.0 Å². The maximum atomic E-state index is 12.6. The van der Waals surface area contributed by atoms with Crippen LogP contribution in [-0.4, -0.2) is 25.3 Å². The Morgan fingerprint density at radius 2 is 2.11 bits per heavy atom. The third-order valence-electron chi connectivity index (χ3n) is 3.08. The summed E-state index contributed by atoms with van der Waals surface area (Å²) >= 11 is 0. The topological polar surface area (TPSA) is 87.2 Å². The molecule has 1 aliphatic rings. The zero-order valence-corrected chi connectivity index (χ0v) is 11.7. The molecule has 0 heterocycles. The van der Waals surface area contributed by atoms with E-state index in [-0.39, 0.29) is 23.9 Å². The molecule has 0 spiro atoms. The largest absolute Gasteiger partial charge is 0.399 e. The molecule has 1 aromatic rings. The number of nitriles is 1. The van der Waals surface area contributed by atoms with Gasteiger partial charge in [0.2, 0.25) is 10.0 Å². The maximum Gasteiger partial charge on any atom is 0.243 e. The van der Waals surface area contributed by atoms with Crippen LogP contribution < -0.4 is 5.73 Å². The molecule has 0 atom stereocenters. The number of benzene rings is 1. The lowest BCUT2D eigenvalue weighted by atomic mass is 10.2. The Morgan fingerprint density at radius 1 is 1.42 bits per heavy atom. The summed E-state index contributed by atoms with van der Waals surface area (Å²) in [6.07, 6.45) is 1.94. The highest BCUT2D eigenvalue weighted by molar-refractivity contribution is 7.89. The first-order valence-electron chi connectivity index (χ1n) is 6.21. The average molecular weight is 279 g/mol. The number of sulfonamides is 1. The van der Waals surface area contributed by atoms with Crippen molar-refractivity contribution in [3.8, 4) is 6.07 Å². The van der Waals surface area contributed by atoms with E-state index in [1.807, 2.05) is 13.0 Å². The van der Waals surface area contributed by atoms with Crippen molar-refractivity contribution in [1.29, 1.82) is 5.26 Å². The SMILES string of the molecule is Cc1cc(N)cc(S(=O)(=O)N(CCC#N)C2CC2)c1. The van der Waals surface area contributed by atoms with E-state index in [1.165, 1.54) is 10.4 Å². The number of nitrogens with two attached hydrogens (primary N) is 1. The standard InChI is InChI=1S/C13H17N3O2S/c1-10-7-11(15)9-13(8-10)19(17,18)16(6-2-5-14)12-3-4-12/h7-9,12H,2-4,6,15H2,1H3. The van der Waals surface area contributed by atoms with Crippen LogP contribution in [0.15, 0.2) is 23.1 Å². The molecule has 0 unspecified atom stereocenters. The fourth-order valence-electron chi connectivity index (χ4n) is 2.08. The zero-order valence-electron chi connectivity index (χ0n) is 10.8. The Balaban J connectivity index is 2.36. The first kappa shape index (κ1) is 13.8. The van der Waals surface area contributed by atoms with Crippen molar-refractivity contribution in [1.82, 2.24) is 4.31 Å².